The Kier molecular flexibility index (Phi) is 1.99. The van der Waals surface area contributed by atoms with Crippen LogP contribution in [0.1, 0.15) is 30.4 Å². The molecule has 1 spiro atoms. The van der Waals surface area contributed by atoms with E-state index in [0.717, 1.165) is 5.75 Å². The molecule has 1 aliphatic carbocycles. The van der Waals surface area contributed by atoms with Crippen LogP contribution in [0, 0.1) is 0 Å². The number of hydrogen-bond acceptors (Lipinski definition) is 2. The van der Waals surface area contributed by atoms with E-state index in [1.165, 1.54) is 43.4 Å². The third-order valence-electron chi connectivity index (χ3n) is 3.89. The van der Waals surface area contributed by atoms with Gasteiger partial charge in [-0.1, -0.05) is 6.07 Å². The number of nitrogens with one attached hydrogen (secondary N) is 1. The standard InChI is InChI=1S/C13H17NO/c1-15-11-4-5-12-10(9-11)3-2-6-13(12)7-8-14-13/h4-5,9,14H,2-3,6-8H2,1H3/t13-/m1/s1. The molecule has 1 aromatic carbocycles. The number of aryl methyl sites for hydroxylation is 1. The molecule has 0 unspecified atom stereocenters. The van der Waals surface area contributed by atoms with Crippen molar-refractivity contribution in [3.05, 3.63) is 29.3 Å². The first-order valence-electron chi connectivity index (χ1n) is 5.76. The van der Waals surface area contributed by atoms with Crippen molar-refractivity contribution >= 4 is 0 Å². The Morgan fingerprint density at radius 3 is 2.87 bits per heavy atom. The largest absolute Gasteiger partial charge is 0.497 e. The van der Waals surface area contributed by atoms with Gasteiger partial charge >= 0.3 is 0 Å². The zero-order chi connectivity index (χ0) is 10.3. The highest BCUT2D eigenvalue weighted by Crippen LogP contribution is 2.42. The molecule has 80 valence electrons. The summed E-state index contributed by atoms with van der Waals surface area (Å²) in [6.45, 7) is 1.17. The predicted molar refractivity (Wildman–Crippen MR) is 60.2 cm³/mol. The Bertz CT molecular complexity index is 382. The molecule has 2 nitrogen and oxygen atoms in total. The molecule has 2 aliphatic rings. The molecule has 15 heavy (non-hydrogen) atoms. The molecule has 0 saturated carbocycles. The van der Waals surface area contributed by atoms with Gasteiger partial charge in [0.15, 0.2) is 0 Å². The summed E-state index contributed by atoms with van der Waals surface area (Å²) in [5.41, 5.74) is 3.31. The molecular weight excluding hydrogens is 186 g/mol. The summed E-state index contributed by atoms with van der Waals surface area (Å²) in [4.78, 5) is 0. The minimum atomic E-state index is 0.319. The molecule has 1 atom stereocenters. The number of methoxy groups -OCH3 is 1. The van der Waals surface area contributed by atoms with Crippen molar-refractivity contribution in [1.82, 2.24) is 5.32 Å². The van der Waals surface area contributed by atoms with Gasteiger partial charge in [0.1, 0.15) is 5.75 Å². The lowest BCUT2D eigenvalue weighted by Gasteiger charge is -2.47. The van der Waals surface area contributed by atoms with Gasteiger partial charge < -0.3 is 10.1 Å². The van der Waals surface area contributed by atoms with Crippen LogP contribution in [0.15, 0.2) is 18.2 Å². The normalized spacial score (nSPS) is 28.3. The quantitative estimate of drug-likeness (QED) is 0.755. The molecule has 0 radical (unpaired) electrons. The zero-order valence-corrected chi connectivity index (χ0v) is 9.18. The van der Waals surface area contributed by atoms with Gasteiger partial charge in [-0.15, -0.1) is 0 Å². The molecule has 1 fully saturated rings. The van der Waals surface area contributed by atoms with Gasteiger partial charge in [0.2, 0.25) is 0 Å². The highest BCUT2D eigenvalue weighted by molar-refractivity contribution is 5.42. The first-order valence-corrected chi connectivity index (χ1v) is 5.76. The Balaban J connectivity index is 2.05. The average Bonchev–Trinajstić information content (AvgIpc) is 2.25. The van der Waals surface area contributed by atoms with E-state index in [1.54, 1.807) is 7.11 Å². The lowest BCUT2D eigenvalue weighted by atomic mass is 9.71. The Morgan fingerprint density at radius 2 is 2.20 bits per heavy atom. The Morgan fingerprint density at radius 1 is 1.33 bits per heavy atom. The van der Waals surface area contributed by atoms with Crippen LogP contribution < -0.4 is 10.1 Å². The molecule has 0 aromatic heterocycles. The molecule has 1 aromatic rings. The second-order valence-electron chi connectivity index (χ2n) is 4.64. The lowest BCUT2D eigenvalue weighted by molar-refractivity contribution is 0.177. The van der Waals surface area contributed by atoms with Crippen molar-refractivity contribution in [3.8, 4) is 5.75 Å². The Hall–Kier alpha value is -1.02. The fourth-order valence-corrected chi connectivity index (χ4v) is 2.96. The van der Waals surface area contributed by atoms with Crippen LogP contribution in [-0.2, 0) is 12.0 Å². The minimum Gasteiger partial charge on any atom is -0.497 e. The molecule has 3 rings (SSSR count). The first kappa shape index (κ1) is 9.22. The van der Waals surface area contributed by atoms with Crippen LogP contribution in [0.2, 0.25) is 0 Å². The van der Waals surface area contributed by atoms with E-state index in [1.807, 2.05) is 0 Å². The summed E-state index contributed by atoms with van der Waals surface area (Å²) in [5.74, 6) is 0.991. The Labute approximate surface area is 90.6 Å². The molecule has 0 bridgehead atoms. The molecule has 2 heteroatoms. The number of benzene rings is 1. The summed E-state index contributed by atoms with van der Waals surface area (Å²) in [6.07, 6.45) is 5.10. The summed E-state index contributed by atoms with van der Waals surface area (Å²) >= 11 is 0. The van der Waals surface area contributed by atoms with Gasteiger partial charge in [0, 0.05) is 5.54 Å². The van der Waals surface area contributed by atoms with Crippen LogP contribution in [-0.4, -0.2) is 13.7 Å². The predicted octanol–water partition coefficient (Wildman–Crippen LogP) is 2.22. The van der Waals surface area contributed by atoms with E-state index in [0.29, 0.717) is 5.54 Å². The second kappa shape index (κ2) is 3.24. The van der Waals surface area contributed by atoms with Crippen molar-refractivity contribution in [1.29, 1.82) is 0 Å². The second-order valence-corrected chi connectivity index (χ2v) is 4.64. The fourth-order valence-electron chi connectivity index (χ4n) is 2.96. The minimum absolute atomic E-state index is 0.319. The van der Waals surface area contributed by atoms with E-state index in [4.69, 9.17) is 4.74 Å². The third kappa shape index (κ3) is 1.28. The van der Waals surface area contributed by atoms with Crippen LogP contribution in [0.5, 0.6) is 5.75 Å². The maximum absolute atomic E-state index is 5.28. The third-order valence-corrected chi connectivity index (χ3v) is 3.89. The van der Waals surface area contributed by atoms with Crippen molar-refractivity contribution < 1.29 is 4.74 Å². The maximum Gasteiger partial charge on any atom is 0.119 e. The summed E-state index contributed by atoms with van der Waals surface area (Å²) in [7, 11) is 1.74. The SMILES string of the molecule is COc1ccc2c(c1)CCC[C@@]21CCN1. The zero-order valence-electron chi connectivity index (χ0n) is 9.18. The van der Waals surface area contributed by atoms with E-state index in [2.05, 4.69) is 23.5 Å². The molecule has 1 N–H and O–H groups in total. The number of ether oxygens (including phenoxy) is 1. The molecule has 1 saturated heterocycles. The van der Waals surface area contributed by atoms with E-state index >= 15 is 0 Å². The number of rotatable bonds is 1. The number of hydrogen-bond donors (Lipinski definition) is 1. The van der Waals surface area contributed by atoms with Crippen LogP contribution in [0.4, 0.5) is 0 Å². The van der Waals surface area contributed by atoms with Gasteiger partial charge in [0.25, 0.3) is 0 Å². The lowest BCUT2D eigenvalue weighted by Crippen LogP contribution is -2.55. The summed E-state index contributed by atoms with van der Waals surface area (Å²) in [5, 5.41) is 3.61. The molecular formula is C13H17NO. The van der Waals surface area contributed by atoms with Gasteiger partial charge in [-0.3, -0.25) is 0 Å². The highest BCUT2D eigenvalue weighted by atomic mass is 16.5. The fraction of sp³-hybridized carbons (Fsp3) is 0.538. The van der Waals surface area contributed by atoms with Gasteiger partial charge in [-0.25, -0.2) is 0 Å². The van der Waals surface area contributed by atoms with Crippen molar-refractivity contribution in [3.63, 3.8) is 0 Å². The van der Waals surface area contributed by atoms with Crippen LogP contribution in [0.25, 0.3) is 0 Å². The smallest absolute Gasteiger partial charge is 0.119 e. The van der Waals surface area contributed by atoms with Gasteiger partial charge in [0.05, 0.1) is 7.11 Å². The van der Waals surface area contributed by atoms with Crippen molar-refractivity contribution in [2.75, 3.05) is 13.7 Å². The highest BCUT2D eigenvalue weighted by Gasteiger charge is 2.41. The van der Waals surface area contributed by atoms with Gasteiger partial charge in [-0.2, -0.15) is 0 Å². The monoisotopic (exact) mass is 203 g/mol. The van der Waals surface area contributed by atoms with E-state index in [-0.39, 0.29) is 0 Å². The van der Waals surface area contributed by atoms with Crippen LogP contribution >= 0.6 is 0 Å². The van der Waals surface area contributed by atoms with E-state index in [9.17, 15) is 0 Å². The van der Waals surface area contributed by atoms with Gasteiger partial charge in [-0.05, 0) is 55.5 Å². The first-order chi connectivity index (χ1) is 7.34. The molecule has 0 amide bonds. The topological polar surface area (TPSA) is 21.3 Å². The molecule has 1 heterocycles. The van der Waals surface area contributed by atoms with Crippen molar-refractivity contribution in [2.45, 2.75) is 31.2 Å². The van der Waals surface area contributed by atoms with Crippen molar-refractivity contribution in [2.24, 2.45) is 0 Å². The summed E-state index contributed by atoms with van der Waals surface area (Å²) < 4.78 is 5.28. The summed E-state index contributed by atoms with van der Waals surface area (Å²) in [6, 6.07) is 6.54. The average molecular weight is 203 g/mol. The molecule has 1 aliphatic heterocycles. The van der Waals surface area contributed by atoms with Crippen LogP contribution in [0.3, 0.4) is 0 Å². The van der Waals surface area contributed by atoms with E-state index < -0.39 is 0 Å². The maximum atomic E-state index is 5.28. The number of fused-ring (bicyclic) bond motifs is 2.